The highest BCUT2D eigenvalue weighted by Gasteiger charge is 2.04. The Morgan fingerprint density at radius 1 is 1.20 bits per heavy atom. The molecule has 1 aromatic heterocycles. The van der Waals surface area contributed by atoms with Crippen LogP contribution in [-0.4, -0.2) is 4.57 Å². The van der Waals surface area contributed by atoms with Crippen molar-refractivity contribution in [1.82, 2.24) is 4.57 Å². The molecule has 0 unspecified atom stereocenters. The van der Waals surface area contributed by atoms with Crippen LogP contribution in [0.4, 0.5) is 5.82 Å². The van der Waals surface area contributed by atoms with Gasteiger partial charge >= 0.3 is 0 Å². The number of benzene rings is 1. The average molecular weight is 197 g/mol. The molecule has 0 aliphatic rings. The molecule has 0 amide bonds. The maximum Gasteiger partial charge on any atom is 0.121 e. The number of rotatable bonds is 2. The first kappa shape index (κ1) is 9.35. The van der Waals surface area contributed by atoms with Crippen molar-refractivity contribution in [2.75, 3.05) is 5.73 Å². The number of hydrogen-bond acceptors (Lipinski definition) is 2. The molecule has 1 heterocycles. The summed E-state index contributed by atoms with van der Waals surface area (Å²) in [4.78, 5) is 0. The van der Waals surface area contributed by atoms with Gasteiger partial charge in [0, 0.05) is 12.7 Å². The van der Waals surface area contributed by atoms with Gasteiger partial charge < -0.3 is 10.3 Å². The minimum atomic E-state index is 0.529. The quantitative estimate of drug-likeness (QED) is 0.800. The molecule has 74 valence electrons. The second kappa shape index (κ2) is 3.89. The summed E-state index contributed by atoms with van der Waals surface area (Å²) in [5.41, 5.74) is 7.51. The summed E-state index contributed by atoms with van der Waals surface area (Å²) in [7, 11) is 0. The molecule has 0 bridgehead atoms. The van der Waals surface area contributed by atoms with Crippen molar-refractivity contribution in [3.05, 3.63) is 53.7 Å². The van der Waals surface area contributed by atoms with Gasteiger partial charge in [-0.15, -0.1) is 0 Å². The third-order valence-corrected chi connectivity index (χ3v) is 2.32. The molecule has 2 N–H and O–H groups in total. The SMILES string of the molecule is N#Cc1ccn(Cc2ccccc2)c1N. The van der Waals surface area contributed by atoms with E-state index in [0.29, 0.717) is 17.9 Å². The number of nitrogens with two attached hydrogens (primary N) is 1. The topological polar surface area (TPSA) is 54.7 Å². The van der Waals surface area contributed by atoms with Gasteiger partial charge in [-0.3, -0.25) is 0 Å². The van der Waals surface area contributed by atoms with Crippen LogP contribution < -0.4 is 5.73 Å². The lowest BCUT2D eigenvalue weighted by Crippen LogP contribution is -2.03. The Hall–Kier alpha value is -2.21. The molecule has 0 saturated carbocycles. The first-order chi connectivity index (χ1) is 7.31. The maximum atomic E-state index is 8.75. The van der Waals surface area contributed by atoms with Crippen LogP contribution in [0.2, 0.25) is 0 Å². The number of anilines is 1. The molecule has 0 fully saturated rings. The lowest BCUT2D eigenvalue weighted by molar-refractivity contribution is 0.817. The van der Waals surface area contributed by atoms with Gasteiger partial charge in [0.2, 0.25) is 0 Å². The zero-order valence-electron chi connectivity index (χ0n) is 8.22. The molecule has 0 aliphatic heterocycles. The van der Waals surface area contributed by atoms with E-state index in [0.717, 1.165) is 0 Å². The van der Waals surface area contributed by atoms with Crippen molar-refractivity contribution >= 4 is 5.82 Å². The van der Waals surface area contributed by atoms with Gasteiger partial charge in [-0.1, -0.05) is 30.3 Å². The van der Waals surface area contributed by atoms with Crippen LogP contribution in [0.15, 0.2) is 42.6 Å². The van der Waals surface area contributed by atoms with Crippen LogP contribution in [0.5, 0.6) is 0 Å². The van der Waals surface area contributed by atoms with Gasteiger partial charge in [0.05, 0.1) is 5.56 Å². The van der Waals surface area contributed by atoms with E-state index in [1.807, 2.05) is 41.1 Å². The normalized spacial score (nSPS) is 9.80. The van der Waals surface area contributed by atoms with Crippen molar-refractivity contribution in [3.63, 3.8) is 0 Å². The first-order valence-electron chi connectivity index (χ1n) is 4.70. The zero-order chi connectivity index (χ0) is 10.7. The zero-order valence-corrected chi connectivity index (χ0v) is 8.22. The summed E-state index contributed by atoms with van der Waals surface area (Å²) in [6.45, 7) is 0.703. The molecule has 0 radical (unpaired) electrons. The molecular formula is C12H11N3. The van der Waals surface area contributed by atoms with Crippen molar-refractivity contribution in [2.45, 2.75) is 6.54 Å². The van der Waals surface area contributed by atoms with Crippen LogP contribution in [0.25, 0.3) is 0 Å². The van der Waals surface area contributed by atoms with Crippen molar-refractivity contribution in [2.24, 2.45) is 0 Å². The van der Waals surface area contributed by atoms with Crippen molar-refractivity contribution in [1.29, 1.82) is 5.26 Å². The third kappa shape index (κ3) is 1.84. The monoisotopic (exact) mass is 197 g/mol. The van der Waals surface area contributed by atoms with Gasteiger partial charge in [0.15, 0.2) is 0 Å². The number of nitrogen functional groups attached to an aromatic ring is 1. The Morgan fingerprint density at radius 2 is 1.93 bits per heavy atom. The van der Waals surface area contributed by atoms with Crippen molar-refractivity contribution < 1.29 is 0 Å². The molecule has 0 aliphatic carbocycles. The molecule has 3 nitrogen and oxygen atoms in total. The number of hydrogen-bond donors (Lipinski definition) is 1. The van der Waals surface area contributed by atoms with E-state index in [9.17, 15) is 0 Å². The Balaban J connectivity index is 2.26. The van der Waals surface area contributed by atoms with Gasteiger partial charge in [-0.2, -0.15) is 5.26 Å². The lowest BCUT2D eigenvalue weighted by Gasteiger charge is -2.05. The van der Waals surface area contributed by atoms with Gasteiger partial charge in [-0.05, 0) is 11.6 Å². The molecule has 1 aromatic carbocycles. The van der Waals surface area contributed by atoms with Crippen LogP contribution in [0, 0.1) is 11.3 Å². The van der Waals surface area contributed by atoms with E-state index in [1.165, 1.54) is 5.56 Å². The van der Waals surface area contributed by atoms with E-state index in [1.54, 1.807) is 6.07 Å². The lowest BCUT2D eigenvalue weighted by atomic mass is 10.2. The molecule has 0 spiro atoms. The summed E-state index contributed by atoms with van der Waals surface area (Å²) < 4.78 is 1.87. The van der Waals surface area contributed by atoms with E-state index < -0.39 is 0 Å². The predicted octanol–water partition coefficient (Wildman–Crippen LogP) is 1.99. The summed E-state index contributed by atoms with van der Waals surface area (Å²) in [6, 6.07) is 13.8. The number of nitrogens with zero attached hydrogens (tertiary/aromatic N) is 2. The molecule has 0 atom stereocenters. The second-order valence-corrected chi connectivity index (χ2v) is 3.34. The highest BCUT2D eigenvalue weighted by atomic mass is 15.0. The Kier molecular flexibility index (Phi) is 2.42. The fourth-order valence-corrected chi connectivity index (χ4v) is 1.50. The highest BCUT2D eigenvalue weighted by molar-refractivity contribution is 5.50. The summed E-state index contributed by atoms with van der Waals surface area (Å²) in [5, 5.41) is 8.75. The third-order valence-electron chi connectivity index (χ3n) is 2.32. The molecule has 2 aromatic rings. The van der Waals surface area contributed by atoms with E-state index in [4.69, 9.17) is 11.0 Å². The van der Waals surface area contributed by atoms with Crippen LogP contribution in [0.1, 0.15) is 11.1 Å². The fourth-order valence-electron chi connectivity index (χ4n) is 1.50. The highest BCUT2D eigenvalue weighted by Crippen LogP contribution is 2.14. The Labute approximate surface area is 88.4 Å². The minimum absolute atomic E-state index is 0.529. The number of aromatic nitrogens is 1. The maximum absolute atomic E-state index is 8.75. The minimum Gasteiger partial charge on any atom is -0.384 e. The van der Waals surface area contributed by atoms with E-state index in [-0.39, 0.29) is 0 Å². The van der Waals surface area contributed by atoms with Crippen LogP contribution in [-0.2, 0) is 6.54 Å². The van der Waals surface area contributed by atoms with Crippen LogP contribution >= 0.6 is 0 Å². The molecule has 0 saturated heterocycles. The standard InChI is InChI=1S/C12H11N3/c13-8-11-6-7-15(12(11)14)9-10-4-2-1-3-5-10/h1-7H,9,14H2. The summed E-state index contributed by atoms with van der Waals surface area (Å²) >= 11 is 0. The molecule has 2 rings (SSSR count). The molecular weight excluding hydrogens is 186 g/mol. The first-order valence-corrected chi connectivity index (χ1v) is 4.70. The van der Waals surface area contributed by atoms with E-state index in [2.05, 4.69) is 6.07 Å². The fraction of sp³-hybridized carbons (Fsp3) is 0.0833. The Morgan fingerprint density at radius 3 is 2.53 bits per heavy atom. The second-order valence-electron chi connectivity index (χ2n) is 3.34. The number of nitriles is 1. The largest absolute Gasteiger partial charge is 0.384 e. The molecule has 3 heteroatoms. The smallest absolute Gasteiger partial charge is 0.121 e. The van der Waals surface area contributed by atoms with Gasteiger partial charge in [-0.25, -0.2) is 0 Å². The van der Waals surface area contributed by atoms with Gasteiger partial charge in [0.1, 0.15) is 11.9 Å². The van der Waals surface area contributed by atoms with Crippen LogP contribution in [0.3, 0.4) is 0 Å². The molecule has 15 heavy (non-hydrogen) atoms. The van der Waals surface area contributed by atoms with Gasteiger partial charge in [0.25, 0.3) is 0 Å². The van der Waals surface area contributed by atoms with Crippen molar-refractivity contribution in [3.8, 4) is 6.07 Å². The van der Waals surface area contributed by atoms with E-state index >= 15 is 0 Å². The Bertz CT molecular complexity index is 491. The summed E-state index contributed by atoms with van der Waals surface area (Å²) in [5.74, 6) is 0.529. The average Bonchev–Trinajstić information content (AvgIpc) is 2.62. The summed E-state index contributed by atoms with van der Waals surface area (Å²) in [6.07, 6.45) is 1.83. The predicted molar refractivity (Wildman–Crippen MR) is 59.1 cm³/mol.